The zero-order chi connectivity index (χ0) is 14.8. The van der Waals surface area contributed by atoms with Gasteiger partial charge in [-0.05, 0) is 48.4 Å². The lowest BCUT2D eigenvalue weighted by atomic mass is 10.1. The predicted molar refractivity (Wildman–Crippen MR) is 79.0 cm³/mol. The molecule has 108 valence electrons. The number of rotatable bonds is 3. The largest absolute Gasteiger partial charge is 0.482 e. The third kappa shape index (κ3) is 2.97. The van der Waals surface area contributed by atoms with E-state index in [9.17, 15) is 9.18 Å². The third-order valence-corrected chi connectivity index (χ3v) is 3.40. The van der Waals surface area contributed by atoms with Crippen molar-refractivity contribution in [1.82, 2.24) is 0 Å². The molecule has 1 amide bonds. The Morgan fingerprint density at radius 1 is 1.29 bits per heavy atom. The van der Waals surface area contributed by atoms with E-state index in [0.717, 1.165) is 16.8 Å². The molecule has 1 aliphatic heterocycles. The molecule has 1 aliphatic rings. The SMILES string of the molecule is Cc1cc(F)ccc1CNc1ccc2c(c1)NC(=O)CO2. The van der Waals surface area contributed by atoms with Gasteiger partial charge in [-0.2, -0.15) is 0 Å². The van der Waals surface area contributed by atoms with Crippen LogP contribution in [0.4, 0.5) is 15.8 Å². The van der Waals surface area contributed by atoms with E-state index in [1.165, 1.54) is 12.1 Å². The molecule has 3 rings (SSSR count). The number of fused-ring (bicyclic) bond motifs is 1. The van der Waals surface area contributed by atoms with Gasteiger partial charge in [0.05, 0.1) is 5.69 Å². The fourth-order valence-corrected chi connectivity index (χ4v) is 2.25. The average molecular weight is 286 g/mol. The summed E-state index contributed by atoms with van der Waals surface area (Å²) in [5.41, 5.74) is 3.45. The number of benzene rings is 2. The minimum absolute atomic E-state index is 0.0501. The van der Waals surface area contributed by atoms with E-state index in [1.807, 2.05) is 25.1 Å². The molecule has 4 nitrogen and oxygen atoms in total. The number of hydrogen-bond donors (Lipinski definition) is 2. The van der Waals surface area contributed by atoms with Crippen LogP contribution in [0.15, 0.2) is 36.4 Å². The Bertz CT molecular complexity index is 701. The molecule has 0 unspecified atom stereocenters. The summed E-state index contributed by atoms with van der Waals surface area (Å²) in [6.07, 6.45) is 0. The van der Waals surface area contributed by atoms with Gasteiger partial charge in [0.2, 0.25) is 0 Å². The summed E-state index contributed by atoms with van der Waals surface area (Å²) in [4.78, 5) is 11.3. The van der Waals surface area contributed by atoms with E-state index in [4.69, 9.17) is 4.74 Å². The quantitative estimate of drug-likeness (QED) is 0.911. The minimum atomic E-state index is -0.232. The van der Waals surface area contributed by atoms with Crippen molar-refractivity contribution >= 4 is 17.3 Å². The fourth-order valence-electron chi connectivity index (χ4n) is 2.25. The summed E-state index contributed by atoms with van der Waals surface area (Å²) in [5, 5.41) is 6.02. The Morgan fingerprint density at radius 3 is 2.95 bits per heavy atom. The summed E-state index contributed by atoms with van der Waals surface area (Å²) < 4.78 is 18.4. The number of aryl methyl sites for hydroxylation is 1. The Hall–Kier alpha value is -2.56. The Balaban J connectivity index is 1.73. The molecule has 0 spiro atoms. The van der Waals surface area contributed by atoms with E-state index < -0.39 is 0 Å². The Morgan fingerprint density at radius 2 is 2.14 bits per heavy atom. The molecule has 0 aromatic heterocycles. The van der Waals surface area contributed by atoms with Crippen LogP contribution in [-0.2, 0) is 11.3 Å². The molecule has 1 heterocycles. The topological polar surface area (TPSA) is 50.4 Å². The first-order valence-electron chi connectivity index (χ1n) is 6.67. The number of carbonyl (C=O) groups is 1. The van der Waals surface area contributed by atoms with Gasteiger partial charge in [0.25, 0.3) is 5.91 Å². The molecule has 5 heteroatoms. The summed E-state index contributed by atoms with van der Waals surface area (Å²) in [6.45, 7) is 2.51. The van der Waals surface area contributed by atoms with Crippen LogP contribution >= 0.6 is 0 Å². The smallest absolute Gasteiger partial charge is 0.262 e. The summed E-state index contributed by atoms with van der Waals surface area (Å²) >= 11 is 0. The minimum Gasteiger partial charge on any atom is -0.482 e. The first-order valence-corrected chi connectivity index (χ1v) is 6.67. The molecular weight excluding hydrogens is 271 g/mol. The number of anilines is 2. The maximum absolute atomic E-state index is 13.1. The molecular formula is C16H15FN2O2. The first-order chi connectivity index (χ1) is 10.1. The normalized spacial score (nSPS) is 13.1. The van der Waals surface area contributed by atoms with E-state index in [2.05, 4.69) is 10.6 Å². The van der Waals surface area contributed by atoms with Gasteiger partial charge in [-0.1, -0.05) is 6.07 Å². The Labute approximate surface area is 121 Å². The maximum Gasteiger partial charge on any atom is 0.262 e. The lowest BCUT2D eigenvalue weighted by Crippen LogP contribution is -2.25. The number of carbonyl (C=O) groups excluding carboxylic acids is 1. The van der Waals surface area contributed by atoms with E-state index in [0.29, 0.717) is 18.0 Å². The van der Waals surface area contributed by atoms with Crippen molar-refractivity contribution in [1.29, 1.82) is 0 Å². The average Bonchev–Trinajstić information content (AvgIpc) is 2.46. The van der Waals surface area contributed by atoms with Gasteiger partial charge in [0, 0.05) is 12.2 Å². The predicted octanol–water partition coefficient (Wildman–Crippen LogP) is 3.08. The highest BCUT2D eigenvalue weighted by molar-refractivity contribution is 5.96. The lowest BCUT2D eigenvalue weighted by Gasteiger charge is -2.19. The molecule has 0 radical (unpaired) electrons. The molecule has 0 bridgehead atoms. The van der Waals surface area contributed by atoms with Crippen molar-refractivity contribution in [3.63, 3.8) is 0 Å². The highest BCUT2D eigenvalue weighted by Crippen LogP contribution is 2.30. The molecule has 0 saturated heterocycles. The molecule has 0 fully saturated rings. The number of hydrogen-bond acceptors (Lipinski definition) is 3. The molecule has 0 saturated carbocycles. The van der Waals surface area contributed by atoms with Crippen molar-refractivity contribution in [3.05, 3.63) is 53.3 Å². The number of halogens is 1. The first kappa shape index (κ1) is 13.4. The van der Waals surface area contributed by atoms with E-state index in [1.54, 1.807) is 6.07 Å². The van der Waals surface area contributed by atoms with Crippen LogP contribution < -0.4 is 15.4 Å². The van der Waals surface area contributed by atoms with Crippen LogP contribution in [0.3, 0.4) is 0 Å². The van der Waals surface area contributed by atoms with Crippen molar-refractivity contribution in [2.24, 2.45) is 0 Å². The van der Waals surface area contributed by atoms with Crippen LogP contribution in [0.1, 0.15) is 11.1 Å². The van der Waals surface area contributed by atoms with E-state index >= 15 is 0 Å². The van der Waals surface area contributed by atoms with Gasteiger partial charge in [-0.15, -0.1) is 0 Å². The van der Waals surface area contributed by atoms with E-state index in [-0.39, 0.29) is 18.3 Å². The van der Waals surface area contributed by atoms with Crippen molar-refractivity contribution in [2.75, 3.05) is 17.2 Å². The third-order valence-electron chi connectivity index (χ3n) is 3.40. The van der Waals surface area contributed by atoms with Crippen molar-refractivity contribution < 1.29 is 13.9 Å². The van der Waals surface area contributed by atoms with Gasteiger partial charge in [0.15, 0.2) is 6.61 Å². The van der Waals surface area contributed by atoms with Crippen LogP contribution in [0.2, 0.25) is 0 Å². The molecule has 0 aliphatic carbocycles. The lowest BCUT2D eigenvalue weighted by molar-refractivity contribution is -0.118. The van der Waals surface area contributed by atoms with Gasteiger partial charge in [-0.25, -0.2) is 4.39 Å². The van der Waals surface area contributed by atoms with Gasteiger partial charge < -0.3 is 15.4 Å². The van der Waals surface area contributed by atoms with Crippen molar-refractivity contribution in [2.45, 2.75) is 13.5 Å². The molecule has 21 heavy (non-hydrogen) atoms. The monoisotopic (exact) mass is 286 g/mol. The zero-order valence-corrected chi connectivity index (χ0v) is 11.6. The second-order valence-electron chi connectivity index (χ2n) is 4.97. The number of amides is 1. The molecule has 2 aromatic carbocycles. The second kappa shape index (κ2) is 5.44. The Kier molecular flexibility index (Phi) is 3.48. The van der Waals surface area contributed by atoms with Gasteiger partial charge >= 0.3 is 0 Å². The van der Waals surface area contributed by atoms with Gasteiger partial charge in [-0.3, -0.25) is 4.79 Å². The molecule has 0 atom stereocenters. The fraction of sp³-hybridized carbons (Fsp3) is 0.188. The van der Waals surface area contributed by atoms with Crippen LogP contribution in [0.25, 0.3) is 0 Å². The van der Waals surface area contributed by atoms with Crippen LogP contribution in [0.5, 0.6) is 5.75 Å². The highest BCUT2D eigenvalue weighted by atomic mass is 19.1. The zero-order valence-electron chi connectivity index (χ0n) is 11.6. The van der Waals surface area contributed by atoms with Crippen molar-refractivity contribution in [3.8, 4) is 5.75 Å². The van der Waals surface area contributed by atoms with Gasteiger partial charge in [0.1, 0.15) is 11.6 Å². The maximum atomic E-state index is 13.1. The standard InChI is InChI=1S/C16H15FN2O2/c1-10-6-12(17)3-2-11(10)8-18-13-4-5-15-14(7-13)19-16(20)9-21-15/h2-7,18H,8-9H2,1H3,(H,19,20). The second-order valence-corrected chi connectivity index (χ2v) is 4.97. The van der Waals surface area contributed by atoms with Crippen LogP contribution in [0, 0.1) is 12.7 Å². The summed E-state index contributed by atoms with van der Waals surface area (Å²) in [5.74, 6) is 0.275. The summed E-state index contributed by atoms with van der Waals surface area (Å²) in [7, 11) is 0. The van der Waals surface area contributed by atoms with Crippen LogP contribution in [-0.4, -0.2) is 12.5 Å². The molecule has 2 aromatic rings. The number of ether oxygens (including phenoxy) is 1. The molecule has 2 N–H and O–H groups in total. The summed E-state index contributed by atoms with van der Waals surface area (Å²) in [6, 6.07) is 10.2. The highest BCUT2D eigenvalue weighted by Gasteiger charge is 2.15. The number of nitrogens with one attached hydrogen (secondary N) is 2.